The van der Waals surface area contributed by atoms with Crippen molar-refractivity contribution in [3.63, 3.8) is 0 Å². The smallest absolute Gasteiger partial charge is 0.188 e. The molecule has 0 heterocycles. The van der Waals surface area contributed by atoms with E-state index in [1.54, 1.807) is 0 Å². The van der Waals surface area contributed by atoms with Crippen LogP contribution in [0.25, 0.3) is 0 Å². The zero-order chi connectivity index (χ0) is 13.0. The molecular formula is C13H36O4SiTi. The maximum Gasteiger partial charge on any atom is 0.188 e. The van der Waals surface area contributed by atoms with Gasteiger partial charge in [-0.1, -0.05) is 53.9 Å². The normalized spacial score (nSPS) is 9.47. The fourth-order valence-electron chi connectivity index (χ4n) is 1.77. The Labute approximate surface area is 135 Å². The van der Waals surface area contributed by atoms with Gasteiger partial charge in [-0.2, -0.15) is 0 Å². The second kappa shape index (κ2) is 21.1. The Morgan fingerprint density at radius 2 is 1.05 bits per heavy atom. The molecule has 0 aliphatic carbocycles. The molecule has 0 aromatic heterocycles. The molecule has 0 amide bonds. The molecule has 0 bridgehead atoms. The van der Waals surface area contributed by atoms with Crippen LogP contribution in [-0.4, -0.2) is 35.8 Å². The minimum atomic E-state index is -1.75. The van der Waals surface area contributed by atoms with Crippen LogP contribution in [0.15, 0.2) is 0 Å². The molecule has 0 atom stereocenters. The Bertz CT molecular complexity index is 132. The third-order valence-corrected chi connectivity index (χ3v) is 6.80. The van der Waals surface area contributed by atoms with Crippen LogP contribution >= 0.6 is 0 Å². The van der Waals surface area contributed by atoms with Gasteiger partial charge in [-0.25, -0.2) is 0 Å². The van der Waals surface area contributed by atoms with Gasteiger partial charge in [0.2, 0.25) is 0 Å². The molecule has 0 aromatic rings. The van der Waals surface area contributed by atoms with Gasteiger partial charge in [0.1, 0.15) is 0 Å². The van der Waals surface area contributed by atoms with E-state index in [1.807, 2.05) is 13.8 Å². The number of hydrogen-bond acceptors (Lipinski definition) is 2. The summed E-state index contributed by atoms with van der Waals surface area (Å²) in [6, 6.07) is 3.32. The predicted molar refractivity (Wildman–Crippen MR) is 82.4 cm³/mol. The largest absolute Gasteiger partial charge is 0.432 e. The molecule has 0 spiro atoms. The van der Waals surface area contributed by atoms with Crippen LogP contribution in [0.3, 0.4) is 0 Å². The van der Waals surface area contributed by atoms with Crippen LogP contribution in [0.2, 0.25) is 18.1 Å². The van der Waals surface area contributed by atoms with Crippen LogP contribution < -0.4 is 0 Å². The zero-order valence-electron chi connectivity index (χ0n) is 13.4. The second-order valence-corrected chi connectivity index (χ2v) is 9.00. The van der Waals surface area contributed by atoms with E-state index in [9.17, 15) is 4.80 Å². The van der Waals surface area contributed by atoms with Gasteiger partial charge in [0, 0.05) is 28.3 Å². The van der Waals surface area contributed by atoms with E-state index in [-0.39, 0.29) is 32.7 Å². The predicted octanol–water partition coefficient (Wildman–Crippen LogP) is 2.14. The van der Waals surface area contributed by atoms with Crippen molar-refractivity contribution in [3.05, 3.63) is 0 Å². The first-order valence-corrected chi connectivity index (χ1v) is 9.35. The van der Waals surface area contributed by atoms with Crippen LogP contribution in [0.4, 0.5) is 0 Å². The van der Waals surface area contributed by atoms with E-state index in [0.29, 0.717) is 12.5 Å². The van der Waals surface area contributed by atoms with E-state index in [0.717, 1.165) is 37.4 Å². The van der Waals surface area contributed by atoms with E-state index in [2.05, 4.69) is 20.8 Å². The zero-order valence-corrected chi connectivity index (χ0v) is 16.0. The monoisotopic (exact) mass is 332 g/mol. The molecule has 120 valence electrons. The van der Waals surface area contributed by atoms with E-state index in [1.165, 1.54) is 0 Å². The molecule has 6 heteroatoms. The first kappa shape index (κ1) is 31.9. The van der Waals surface area contributed by atoms with Crippen LogP contribution in [-0.2, 0) is 21.7 Å². The standard InChI is InChI=1S/C9H22OSi.C4H10O.2H2O.Ti/c1-4-7-11(10,8-5-2)9-6-3;1-4(2)3-5;;;/h10H,4-9H2,1-3H3;4-5H,3H2,1-2H3;2*1H2;. The van der Waals surface area contributed by atoms with Crippen LogP contribution in [0, 0.1) is 5.92 Å². The van der Waals surface area contributed by atoms with Crippen molar-refractivity contribution in [3.8, 4) is 0 Å². The number of aliphatic hydroxyl groups excluding tert-OH is 1. The van der Waals surface area contributed by atoms with Gasteiger partial charge in [-0.15, -0.1) is 0 Å². The van der Waals surface area contributed by atoms with Crippen molar-refractivity contribution in [1.29, 1.82) is 0 Å². The summed E-state index contributed by atoms with van der Waals surface area (Å²) >= 11 is 0. The molecule has 0 saturated heterocycles. The maximum absolute atomic E-state index is 10.2. The minimum absolute atomic E-state index is 0. The van der Waals surface area contributed by atoms with Gasteiger partial charge in [-0.05, 0) is 24.1 Å². The summed E-state index contributed by atoms with van der Waals surface area (Å²) < 4.78 is 0. The fourth-order valence-corrected chi connectivity index (χ4v) is 5.31. The molecule has 0 aliphatic heterocycles. The SMILES string of the molecule is CC(C)CO.CCC[Si](O)(CCC)CCC.O.O.[Ti]. The van der Waals surface area contributed by atoms with Crippen molar-refractivity contribution in [1.82, 2.24) is 0 Å². The first-order chi connectivity index (χ1) is 7.45. The van der Waals surface area contributed by atoms with E-state index in [4.69, 9.17) is 5.11 Å². The summed E-state index contributed by atoms with van der Waals surface area (Å²) in [4.78, 5) is 10.2. The molecule has 0 rings (SSSR count). The van der Waals surface area contributed by atoms with E-state index < -0.39 is 8.32 Å². The quantitative estimate of drug-likeness (QED) is 0.697. The average molecular weight is 332 g/mol. The third kappa shape index (κ3) is 24.2. The molecule has 6 N–H and O–H groups in total. The summed E-state index contributed by atoms with van der Waals surface area (Å²) in [5.41, 5.74) is 0. The molecule has 0 aromatic carbocycles. The first-order valence-electron chi connectivity index (χ1n) is 6.78. The minimum Gasteiger partial charge on any atom is -0.432 e. The van der Waals surface area contributed by atoms with Crippen molar-refractivity contribution in [2.75, 3.05) is 6.61 Å². The molecule has 19 heavy (non-hydrogen) atoms. The van der Waals surface area contributed by atoms with Crippen LogP contribution in [0.5, 0.6) is 0 Å². The van der Waals surface area contributed by atoms with Crippen LogP contribution in [0.1, 0.15) is 53.9 Å². The molecule has 0 saturated carbocycles. The Morgan fingerprint density at radius 3 is 1.16 bits per heavy atom. The van der Waals surface area contributed by atoms with Gasteiger partial charge < -0.3 is 20.9 Å². The number of rotatable bonds is 7. The average Bonchev–Trinajstić information content (AvgIpc) is 2.19. The van der Waals surface area contributed by atoms with Crippen molar-refractivity contribution in [2.24, 2.45) is 5.92 Å². The van der Waals surface area contributed by atoms with Crippen molar-refractivity contribution >= 4 is 8.32 Å². The number of aliphatic hydroxyl groups is 1. The topological polar surface area (TPSA) is 103 Å². The van der Waals surface area contributed by atoms with Gasteiger partial charge >= 0.3 is 0 Å². The molecule has 4 nitrogen and oxygen atoms in total. The summed E-state index contributed by atoms with van der Waals surface area (Å²) in [7, 11) is -1.75. The van der Waals surface area contributed by atoms with Crippen molar-refractivity contribution in [2.45, 2.75) is 72.0 Å². The summed E-state index contributed by atoms with van der Waals surface area (Å²) in [5, 5.41) is 8.14. The number of hydrogen-bond donors (Lipinski definition) is 2. The molecular weight excluding hydrogens is 296 g/mol. The van der Waals surface area contributed by atoms with Gasteiger partial charge in [0.05, 0.1) is 0 Å². The van der Waals surface area contributed by atoms with Gasteiger partial charge in [0.25, 0.3) is 0 Å². The molecule has 0 fully saturated rings. The fraction of sp³-hybridized carbons (Fsp3) is 1.00. The molecule has 0 aliphatic rings. The van der Waals surface area contributed by atoms with Crippen molar-refractivity contribution < 1.29 is 42.6 Å². The maximum atomic E-state index is 10.2. The third-order valence-electron chi connectivity index (χ3n) is 2.51. The Balaban J connectivity index is -0.0000000717. The Hall–Kier alpha value is 0.771. The Kier molecular flexibility index (Phi) is 35.4. The Morgan fingerprint density at radius 1 is 0.842 bits per heavy atom. The van der Waals surface area contributed by atoms with E-state index >= 15 is 0 Å². The summed E-state index contributed by atoms with van der Waals surface area (Å²) in [5.74, 6) is 0.440. The van der Waals surface area contributed by atoms with Gasteiger partial charge in [0.15, 0.2) is 8.32 Å². The molecule has 0 radical (unpaired) electrons. The summed E-state index contributed by atoms with van der Waals surface area (Å²) in [6.07, 6.45) is 3.47. The van der Waals surface area contributed by atoms with Gasteiger partial charge in [-0.3, -0.25) is 0 Å². The second-order valence-electron chi connectivity index (χ2n) is 5.05. The molecule has 0 unspecified atom stereocenters. The summed E-state index contributed by atoms with van der Waals surface area (Å²) in [6.45, 7) is 10.8.